The van der Waals surface area contributed by atoms with Crippen molar-refractivity contribution in [1.82, 2.24) is 4.31 Å². The minimum atomic E-state index is -3.85. The quantitative estimate of drug-likeness (QED) is 0.345. The normalized spacial score (nSPS) is 11.4. The molecule has 24 heavy (non-hydrogen) atoms. The fourth-order valence-corrected chi connectivity index (χ4v) is 2.83. The molecule has 0 unspecified atom stereocenters. The van der Waals surface area contributed by atoms with Crippen LogP contribution in [0, 0.1) is 10.1 Å². The zero-order valence-electron chi connectivity index (χ0n) is 13.0. The summed E-state index contributed by atoms with van der Waals surface area (Å²) < 4.78 is 30.9. The lowest BCUT2D eigenvalue weighted by Gasteiger charge is -2.14. The Morgan fingerprint density at radius 1 is 1.17 bits per heavy atom. The molecule has 0 spiro atoms. The minimum Gasteiger partial charge on any atom is -0.494 e. The van der Waals surface area contributed by atoms with Crippen LogP contribution in [-0.4, -0.2) is 38.1 Å². The van der Waals surface area contributed by atoms with Crippen LogP contribution in [0.1, 0.15) is 0 Å². The van der Waals surface area contributed by atoms with Gasteiger partial charge in [-0.05, 0) is 24.3 Å². The maximum atomic E-state index is 12.4. The Kier molecular flexibility index (Phi) is 5.14. The maximum Gasteiger partial charge on any atom is 0.269 e. The lowest BCUT2D eigenvalue weighted by atomic mass is 10.3. The molecule has 0 saturated carbocycles. The Morgan fingerprint density at radius 2 is 1.79 bits per heavy atom. The van der Waals surface area contributed by atoms with Crippen molar-refractivity contribution in [3.8, 4) is 5.75 Å². The number of benzene rings is 2. The van der Waals surface area contributed by atoms with Gasteiger partial charge in [-0.15, -0.1) is 0 Å². The number of rotatable bonds is 6. The fraction of sp³-hybridized carbons (Fsp3) is 0.133. The van der Waals surface area contributed by atoms with Gasteiger partial charge >= 0.3 is 0 Å². The van der Waals surface area contributed by atoms with Gasteiger partial charge in [0.15, 0.2) is 0 Å². The number of para-hydroxylation sites is 2. The van der Waals surface area contributed by atoms with Gasteiger partial charge in [0.25, 0.3) is 15.7 Å². The van der Waals surface area contributed by atoms with Gasteiger partial charge in [0.1, 0.15) is 17.8 Å². The third-order valence-corrected chi connectivity index (χ3v) is 4.89. The van der Waals surface area contributed by atoms with Gasteiger partial charge in [-0.3, -0.25) is 14.4 Å². The molecule has 0 radical (unpaired) electrons. The van der Waals surface area contributed by atoms with Crippen molar-refractivity contribution in [3.63, 3.8) is 0 Å². The number of sulfonamides is 1. The van der Waals surface area contributed by atoms with E-state index in [0.717, 1.165) is 22.8 Å². The van der Waals surface area contributed by atoms with E-state index in [9.17, 15) is 18.5 Å². The average molecular weight is 349 g/mol. The monoisotopic (exact) mass is 349 g/mol. The van der Waals surface area contributed by atoms with Crippen LogP contribution in [0.5, 0.6) is 5.75 Å². The van der Waals surface area contributed by atoms with Crippen LogP contribution in [0.2, 0.25) is 0 Å². The van der Waals surface area contributed by atoms with E-state index in [2.05, 4.69) is 4.99 Å². The molecule has 0 saturated heterocycles. The number of non-ortho nitro benzene ring substituents is 1. The van der Waals surface area contributed by atoms with Crippen LogP contribution in [0.3, 0.4) is 0 Å². The highest BCUT2D eigenvalue weighted by Crippen LogP contribution is 2.26. The lowest BCUT2D eigenvalue weighted by molar-refractivity contribution is -0.384. The van der Waals surface area contributed by atoms with Crippen LogP contribution < -0.4 is 4.74 Å². The van der Waals surface area contributed by atoms with Gasteiger partial charge in [0.2, 0.25) is 0 Å². The highest BCUT2D eigenvalue weighted by Gasteiger charge is 2.19. The third-order valence-electron chi connectivity index (χ3n) is 3.17. The van der Waals surface area contributed by atoms with Crippen molar-refractivity contribution >= 4 is 27.7 Å². The Morgan fingerprint density at radius 3 is 2.38 bits per heavy atom. The summed E-state index contributed by atoms with van der Waals surface area (Å²) in [5, 5.41) is 10.6. The predicted octanol–water partition coefficient (Wildman–Crippen LogP) is 2.58. The van der Waals surface area contributed by atoms with E-state index >= 15 is 0 Å². The van der Waals surface area contributed by atoms with Gasteiger partial charge < -0.3 is 4.74 Å². The number of methoxy groups -OCH3 is 1. The summed E-state index contributed by atoms with van der Waals surface area (Å²) in [5.74, 6) is 0.509. The second-order valence-electron chi connectivity index (χ2n) is 4.69. The SMILES string of the molecule is COc1ccccc1N=CN(C)S(=O)(=O)c1ccc([N+](=O)[O-])cc1. The number of hydrogen-bond acceptors (Lipinski definition) is 6. The van der Waals surface area contributed by atoms with Crippen molar-refractivity contribution in [2.45, 2.75) is 4.90 Å². The largest absolute Gasteiger partial charge is 0.494 e. The maximum absolute atomic E-state index is 12.4. The first-order valence-corrected chi connectivity index (χ1v) is 8.20. The Labute approximate surface area is 139 Å². The summed E-state index contributed by atoms with van der Waals surface area (Å²) >= 11 is 0. The number of ether oxygens (including phenoxy) is 1. The molecular weight excluding hydrogens is 334 g/mol. The van der Waals surface area contributed by atoms with Crippen molar-refractivity contribution in [1.29, 1.82) is 0 Å². The molecule has 0 heterocycles. The molecule has 2 rings (SSSR count). The molecule has 0 aliphatic heterocycles. The Hall–Kier alpha value is -2.94. The number of nitrogens with zero attached hydrogens (tertiary/aromatic N) is 3. The Bertz CT molecular complexity index is 863. The highest BCUT2D eigenvalue weighted by atomic mass is 32.2. The van der Waals surface area contributed by atoms with E-state index in [1.165, 1.54) is 26.3 Å². The van der Waals surface area contributed by atoms with Gasteiger partial charge in [-0.2, -0.15) is 0 Å². The van der Waals surface area contributed by atoms with E-state index < -0.39 is 14.9 Å². The molecule has 126 valence electrons. The van der Waals surface area contributed by atoms with E-state index in [0.29, 0.717) is 11.4 Å². The van der Waals surface area contributed by atoms with Gasteiger partial charge in [0, 0.05) is 19.2 Å². The molecule has 0 bridgehead atoms. The van der Waals surface area contributed by atoms with Crippen molar-refractivity contribution in [3.05, 3.63) is 58.6 Å². The van der Waals surface area contributed by atoms with Crippen LogP contribution in [-0.2, 0) is 10.0 Å². The number of aliphatic imine (C=N–C) groups is 1. The summed E-state index contributed by atoms with van der Waals surface area (Å²) in [5.41, 5.74) is 0.296. The predicted molar refractivity (Wildman–Crippen MR) is 89.2 cm³/mol. The first-order chi connectivity index (χ1) is 11.4. The standard InChI is InChI=1S/C15H15N3O5S/c1-17(11-16-14-5-3-4-6-15(14)23-2)24(21,22)13-9-7-12(8-10-13)18(19)20/h3-11H,1-2H3. The van der Waals surface area contributed by atoms with E-state index in [1.54, 1.807) is 24.3 Å². The van der Waals surface area contributed by atoms with E-state index in [1.807, 2.05) is 0 Å². The van der Waals surface area contributed by atoms with Crippen molar-refractivity contribution in [2.75, 3.05) is 14.2 Å². The smallest absolute Gasteiger partial charge is 0.269 e. The van der Waals surface area contributed by atoms with Crippen molar-refractivity contribution < 1.29 is 18.1 Å². The molecule has 0 fully saturated rings. The molecule has 0 aromatic heterocycles. The van der Waals surface area contributed by atoms with Crippen LogP contribution in [0.4, 0.5) is 11.4 Å². The summed E-state index contributed by atoms with van der Waals surface area (Å²) in [6.45, 7) is 0. The van der Waals surface area contributed by atoms with Gasteiger partial charge in [0.05, 0.1) is 16.9 Å². The van der Waals surface area contributed by atoms with Crippen LogP contribution in [0.15, 0.2) is 58.4 Å². The summed E-state index contributed by atoms with van der Waals surface area (Å²) in [6, 6.07) is 11.5. The van der Waals surface area contributed by atoms with Gasteiger partial charge in [-0.25, -0.2) is 13.4 Å². The van der Waals surface area contributed by atoms with E-state index in [-0.39, 0.29) is 10.6 Å². The summed E-state index contributed by atoms with van der Waals surface area (Å²) in [6.07, 6.45) is 1.15. The molecule has 8 nitrogen and oxygen atoms in total. The second kappa shape index (κ2) is 7.09. The summed E-state index contributed by atoms with van der Waals surface area (Å²) in [7, 11) is -1.03. The molecule has 0 aliphatic rings. The molecule has 9 heteroatoms. The number of nitro benzene ring substituents is 1. The molecule has 0 aliphatic carbocycles. The molecule has 2 aromatic carbocycles. The number of hydrogen-bond donors (Lipinski definition) is 0. The Balaban J connectivity index is 2.25. The first-order valence-electron chi connectivity index (χ1n) is 6.76. The van der Waals surface area contributed by atoms with Crippen LogP contribution >= 0.6 is 0 Å². The molecule has 0 amide bonds. The second-order valence-corrected chi connectivity index (χ2v) is 6.69. The minimum absolute atomic E-state index is 0.0675. The third kappa shape index (κ3) is 3.69. The van der Waals surface area contributed by atoms with Gasteiger partial charge in [-0.1, -0.05) is 12.1 Å². The topological polar surface area (TPSA) is 102 Å². The van der Waals surface area contributed by atoms with Crippen LogP contribution in [0.25, 0.3) is 0 Å². The number of nitro groups is 1. The zero-order chi connectivity index (χ0) is 17.7. The summed E-state index contributed by atoms with van der Waals surface area (Å²) in [4.78, 5) is 14.1. The highest BCUT2D eigenvalue weighted by molar-refractivity contribution is 7.89. The first kappa shape index (κ1) is 17.4. The molecule has 2 aromatic rings. The lowest BCUT2D eigenvalue weighted by Crippen LogP contribution is -2.25. The average Bonchev–Trinajstić information content (AvgIpc) is 2.59. The zero-order valence-corrected chi connectivity index (χ0v) is 13.8. The van der Waals surface area contributed by atoms with E-state index in [4.69, 9.17) is 4.74 Å². The fourth-order valence-electron chi connectivity index (χ4n) is 1.85. The molecular formula is C15H15N3O5S. The van der Waals surface area contributed by atoms with Crippen molar-refractivity contribution in [2.24, 2.45) is 4.99 Å². The molecule has 0 N–H and O–H groups in total. The molecule has 0 atom stereocenters.